The highest BCUT2D eigenvalue weighted by Crippen LogP contribution is 2.20. The molecular formula is C9H11N3O2S. The van der Waals surface area contributed by atoms with Crippen molar-refractivity contribution in [1.29, 1.82) is 0 Å². The predicted molar refractivity (Wildman–Crippen MR) is 56.7 cm³/mol. The number of aliphatic hydroxyl groups excluding tert-OH is 1. The van der Waals surface area contributed by atoms with Crippen LogP contribution in [0, 0.1) is 0 Å². The Morgan fingerprint density at radius 3 is 3.20 bits per heavy atom. The maximum atomic E-state index is 10.4. The van der Waals surface area contributed by atoms with Gasteiger partial charge in [0.25, 0.3) is 0 Å². The van der Waals surface area contributed by atoms with E-state index in [0.29, 0.717) is 12.2 Å². The van der Waals surface area contributed by atoms with Crippen molar-refractivity contribution in [2.24, 2.45) is 0 Å². The van der Waals surface area contributed by atoms with Gasteiger partial charge in [-0.15, -0.1) is 11.3 Å². The Morgan fingerprint density at radius 1 is 1.73 bits per heavy atom. The Balaban J connectivity index is 2.42. The molecule has 0 saturated carbocycles. The van der Waals surface area contributed by atoms with Gasteiger partial charge in [0.2, 0.25) is 6.41 Å². The molecule has 0 radical (unpaired) electrons. The van der Waals surface area contributed by atoms with Gasteiger partial charge >= 0.3 is 0 Å². The number of hydrogen-bond donors (Lipinski definition) is 2. The summed E-state index contributed by atoms with van der Waals surface area (Å²) in [6.45, 7) is 1.62. The Labute approximate surface area is 90.4 Å². The van der Waals surface area contributed by atoms with Crippen LogP contribution in [0.4, 0.5) is 0 Å². The van der Waals surface area contributed by atoms with Crippen LogP contribution in [0.3, 0.4) is 0 Å². The van der Waals surface area contributed by atoms with Crippen molar-refractivity contribution in [3.05, 3.63) is 23.6 Å². The van der Waals surface area contributed by atoms with Gasteiger partial charge in [0.1, 0.15) is 16.7 Å². The van der Waals surface area contributed by atoms with E-state index < -0.39 is 12.1 Å². The van der Waals surface area contributed by atoms with Crippen LogP contribution in [0.1, 0.15) is 18.8 Å². The summed E-state index contributed by atoms with van der Waals surface area (Å²) in [5.41, 5.74) is 0. The molecule has 5 nitrogen and oxygen atoms in total. The number of aromatic nitrogens is 2. The van der Waals surface area contributed by atoms with Crippen LogP contribution in [-0.4, -0.2) is 27.0 Å². The SMILES string of the molecule is CC(O)C(NC=O)c1ncc2sccn12. The molecule has 2 atom stereocenters. The fourth-order valence-corrected chi connectivity index (χ4v) is 2.19. The maximum absolute atomic E-state index is 10.4. The second kappa shape index (κ2) is 4.00. The molecule has 0 aromatic carbocycles. The number of nitrogens with one attached hydrogen (secondary N) is 1. The van der Waals surface area contributed by atoms with Gasteiger partial charge in [0, 0.05) is 11.6 Å². The smallest absolute Gasteiger partial charge is 0.207 e. The summed E-state index contributed by atoms with van der Waals surface area (Å²) in [5.74, 6) is 0.647. The number of thiazole rings is 1. The average molecular weight is 225 g/mol. The molecule has 0 spiro atoms. The molecule has 2 aromatic heterocycles. The molecule has 80 valence electrons. The first-order valence-electron chi connectivity index (χ1n) is 4.52. The Bertz CT molecular complexity index is 463. The number of carbonyl (C=O) groups excluding carboxylic acids is 1. The fourth-order valence-electron chi connectivity index (χ4n) is 1.49. The molecule has 0 aliphatic rings. The van der Waals surface area contributed by atoms with E-state index in [9.17, 15) is 9.90 Å². The third-order valence-corrected chi connectivity index (χ3v) is 3.00. The van der Waals surface area contributed by atoms with Crippen LogP contribution >= 0.6 is 11.3 Å². The molecule has 15 heavy (non-hydrogen) atoms. The summed E-state index contributed by atoms with van der Waals surface area (Å²) in [4.78, 5) is 15.6. The van der Waals surface area contributed by atoms with Crippen molar-refractivity contribution in [2.75, 3.05) is 0 Å². The minimum absolute atomic E-state index is 0.473. The number of amides is 1. The zero-order valence-electron chi connectivity index (χ0n) is 8.12. The lowest BCUT2D eigenvalue weighted by Gasteiger charge is -2.17. The first kappa shape index (κ1) is 10.1. The lowest BCUT2D eigenvalue weighted by Crippen LogP contribution is -2.30. The van der Waals surface area contributed by atoms with Crippen molar-refractivity contribution in [1.82, 2.24) is 14.7 Å². The van der Waals surface area contributed by atoms with Gasteiger partial charge in [0.05, 0.1) is 12.3 Å². The number of rotatable bonds is 4. The normalized spacial score (nSPS) is 15.1. The van der Waals surface area contributed by atoms with Gasteiger partial charge in [-0.3, -0.25) is 9.20 Å². The van der Waals surface area contributed by atoms with Crippen LogP contribution in [0.15, 0.2) is 17.8 Å². The monoisotopic (exact) mass is 225 g/mol. The van der Waals surface area contributed by atoms with E-state index in [0.717, 1.165) is 4.83 Å². The van der Waals surface area contributed by atoms with E-state index in [-0.39, 0.29) is 0 Å². The third-order valence-electron chi connectivity index (χ3n) is 2.20. The van der Waals surface area contributed by atoms with Crippen molar-refractivity contribution < 1.29 is 9.90 Å². The molecule has 1 amide bonds. The van der Waals surface area contributed by atoms with Gasteiger partial charge in [-0.1, -0.05) is 0 Å². The summed E-state index contributed by atoms with van der Waals surface area (Å²) >= 11 is 1.56. The van der Waals surface area contributed by atoms with Crippen molar-refractivity contribution >= 4 is 22.6 Å². The van der Waals surface area contributed by atoms with Gasteiger partial charge in [-0.25, -0.2) is 4.98 Å². The number of fused-ring (bicyclic) bond motifs is 1. The first-order valence-corrected chi connectivity index (χ1v) is 5.40. The zero-order chi connectivity index (χ0) is 10.8. The van der Waals surface area contributed by atoms with Crippen molar-refractivity contribution in [3.63, 3.8) is 0 Å². The molecular weight excluding hydrogens is 214 g/mol. The summed E-state index contributed by atoms with van der Waals surface area (Å²) < 4.78 is 1.86. The largest absolute Gasteiger partial charge is 0.391 e. The summed E-state index contributed by atoms with van der Waals surface area (Å²) in [6.07, 6.45) is 3.48. The van der Waals surface area contributed by atoms with Gasteiger partial charge in [-0.05, 0) is 6.92 Å². The molecule has 2 N–H and O–H groups in total. The Hall–Kier alpha value is -1.40. The van der Waals surface area contributed by atoms with Crippen LogP contribution in [-0.2, 0) is 4.79 Å². The third kappa shape index (κ3) is 1.73. The summed E-state index contributed by atoms with van der Waals surface area (Å²) in [7, 11) is 0. The Morgan fingerprint density at radius 2 is 2.53 bits per heavy atom. The van der Waals surface area contributed by atoms with Crippen molar-refractivity contribution in [3.8, 4) is 0 Å². The fraction of sp³-hybridized carbons (Fsp3) is 0.333. The van der Waals surface area contributed by atoms with Crippen molar-refractivity contribution in [2.45, 2.75) is 19.1 Å². The number of imidazole rings is 1. The van der Waals surface area contributed by atoms with Crippen LogP contribution < -0.4 is 5.32 Å². The highest BCUT2D eigenvalue weighted by Gasteiger charge is 2.21. The molecule has 6 heteroatoms. The molecule has 0 aliphatic carbocycles. The second-order valence-corrected chi connectivity index (χ2v) is 4.16. The molecule has 0 aliphatic heterocycles. The van der Waals surface area contributed by atoms with E-state index in [2.05, 4.69) is 10.3 Å². The van der Waals surface area contributed by atoms with Gasteiger partial charge in [0.15, 0.2) is 0 Å². The quantitative estimate of drug-likeness (QED) is 0.747. The van der Waals surface area contributed by atoms with E-state index in [1.165, 1.54) is 0 Å². The molecule has 2 heterocycles. The van der Waals surface area contributed by atoms with Crippen LogP contribution in [0.5, 0.6) is 0 Å². The van der Waals surface area contributed by atoms with E-state index >= 15 is 0 Å². The highest BCUT2D eigenvalue weighted by atomic mass is 32.1. The first-order chi connectivity index (χ1) is 7.24. The van der Waals surface area contributed by atoms with E-state index in [1.807, 2.05) is 16.0 Å². The molecule has 2 rings (SSSR count). The molecule has 0 fully saturated rings. The number of carbonyl (C=O) groups is 1. The summed E-state index contributed by atoms with van der Waals surface area (Å²) in [5, 5.41) is 14.0. The van der Waals surface area contributed by atoms with E-state index in [1.54, 1.807) is 24.5 Å². The minimum atomic E-state index is -0.680. The average Bonchev–Trinajstić information content (AvgIpc) is 2.75. The standard InChI is InChI=1S/C9H11N3O2S/c1-6(14)8(11-5-13)9-10-4-7-12(9)2-3-15-7/h2-6,8,14H,1H3,(H,11,13). The second-order valence-electron chi connectivity index (χ2n) is 3.23. The molecule has 0 saturated heterocycles. The van der Waals surface area contributed by atoms with Crippen LogP contribution in [0.25, 0.3) is 4.83 Å². The number of aliphatic hydroxyl groups is 1. The zero-order valence-corrected chi connectivity index (χ0v) is 8.94. The highest BCUT2D eigenvalue weighted by molar-refractivity contribution is 7.15. The van der Waals surface area contributed by atoms with E-state index in [4.69, 9.17) is 0 Å². The van der Waals surface area contributed by atoms with Gasteiger partial charge in [-0.2, -0.15) is 0 Å². The lowest BCUT2D eigenvalue weighted by atomic mass is 10.2. The minimum Gasteiger partial charge on any atom is -0.391 e. The van der Waals surface area contributed by atoms with Crippen LogP contribution in [0.2, 0.25) is 0 Å². The molecule has 0 bridgehead atoms. The predicted octanol–water partition coefficient (Wildman–Crippen LogP) is 0.564. The lowest BCUT2D eigenvalue weighted by molar-refractivity contribution is -0.111. The maximum Gasteiger partial charge on any atom is 0.207 e. The Kier molecular flexibility index (Phi) is 2.70. The topological polar surface area (TPSA) is 66.6 Å². The number of hydrogen-bond acceptors (Lipinski definition) is 4. The summed E-state index contributed by atoms with van der Waals surface area (Å²) in [6, 6.07) is -0.473. The van der Waals surface area contributed by atoms with Gasteiger partial charge < -0.3 is 10.4 Å². The molecule has 2 aromatic rings. The number of nitrogens with zero attached hydrogens (tertiary/aromatic N) is 2. The molecule has 2 unspecified atom stereocenters.